The molecule has 34 heavy (non-hydrogen) atoms. The molecule has 0 spiro atoms. The molecule has 1 aromatic heterocycles. The van der Waals surface area contributed by atoms with Gasteiger partial charge in [-0.3, -0.25) is 4.79 Å². The van der Waals surface area contributed by atoms with Crippen molar-refractivity contribution < 1.29 is 19.1 Å². The van der Waals surface area contributed by atoms with Crippen LogP contribution in [0.15, 0.2) is 89.4 Å². The first-order valence-electron chi connectivity index (χ1n) is 11.3. The summed E-state index contributed by atoms with van der Waals surface area (Å²) in [5, 5.41) is 9.62. The van der Waals surface area contributed by atoms with Crippen LogP contribution in [-0.4, -0.2) is 36.3 Å². The van der Waals surface area contributed by atoms with Gasteiger partial charge in [0.15, 0.2) is 5.58 Å². The van der Waals surface area contributed by atoms with Gasteiger partial charge in [-0.1, -0.05) is 66.7 Å². The number of hydrogen-bond donors (Lipinski definition) is 1. The molecule has 4 rings (SSSR count). The molecule has 1 N–H and O–H groups in total. The summed E-state index contributed by atoms with van der Waals surface area (Å²) in [5.74, 6) is -0.525. The number of allylic oxidation sites excluding steroid dienone is 1. The third-order valence-corrected chi connectivity index (χ3v) is 5.59. The summed E-state index contributed by atoms with van der Waals surface area (Å²) in [5.41, 5.74) is 3.62. The fraction of sp³-hybridized carbons (Fsp3) is 0.214. The lowest BCUT2D eigenvalue weighted by atomic mass is 9.96. The topological polar surface area (TPSA) is 75.8 Å². The monoisotopic (exact) mass is 456 g/mol. The SMILES string of the molecule is CN(CCOc1ccc(CC(C/C=C/c2ccccc2)C(=O)O)cc1)c1nc2ccccc2o1. The molecule has 0 saturated carbocycles. The van der Waals surface area contributed by atoms with Gasteiger partial charge in [-0.05, 0) is 48.2 Å². The van der Waals surface area contributed by atoms with Crippen LogP contribution in [0.3, 0.4) is 0 Å². The Hall–Kier alpha value is -4.06. The van der Waals surface area contributed by atoms with E-state index >= 15 is 0 Å². The van der Waals surface area contributed by atoms with E-state index < -0.39 is 11.9 Å². The van der Waals surface area contributed by atoms with Gasteiger partial charge in [0.05, 0.1) is 12.5 Å². The average Bonchev–Trinajstić information content (AvgIpc) is 3.29. The first-order chi connectivity index (χ1) is 16.6. The van der Waals surface area contributed by atoms with Crippen LogP contribution in [0.1, 0.15) is 17.5 Å². The Bertz CT molecular complexity index is 1200. The maximum Gasteiger partial charge on any atom is 0.307 e. The predicted molar refractivity (Wildman–Crippen MR) is 134 cm³/mol. The maximum atomic E-state index is 11.7. The van der Waals surface area contributed by atoms with Gasteiger partial charge in [-0.2, -0.15) is 4.98 Å². The molecule has 3 aromatic carbocycles. The molecule has 0 aliphatic heterocycles. The van der Waals surface area contributed by atoms with E-state index in [1.165, 1.54) is 0 Å². The zero-order chi connectivity index (χ0) is 23.8. The van der Waals surface area contributed by atoms with Gasteiger partial charge in [0.1, 0.15) is 17.9 Å². The highest BCUT2D eigenvalue weighted by atomic mass is 16.5. The van der Waals surface area contributed by atoms with E-state index in [4.69, 9.17) is 9.15 Å². The van der Waals surface area contributed by atoms with Crippen LogP contribution >= 0.6 is 0 Å². The molecule has 1 unspecified atom stereocenters. The van der Waals surface area contributed by atoms with E-state index in [1.807, 2.05) is 103 Å². The second kappa shape index (κ2) is 11.2. The lowest BCUT2D eigenvalue weighted by molar-refractivity contribution is -0.141. The zero-order valence-electron chi connectivity index (χ0n) is 19.1. The third kappa shape index (κ3) is 6.25. The molecule has 4 aromatic rings. The van der Waals surface area contributed by atoms with E-state index in [0.29, 0.717) is 32.0 Å². The van der Waals surface area contributed by atoms with E-state index in [2.05, 4.69) is 4.98 Å². The first kappa shape index (κ1) is 23.1. The number of oxazole rings is 1. The number of aliphatic carboxylic acids is 1. The summed E-state index contributed by atoms with van der Waals surface area (Å²) in [6, 6.07) is 25.7. The summed E-state index contributed by atoms with van der Waals surface area (Å²) in [6.07, 6.45) is 4.84. The third-order valence-electron chi connectivity index (χ3n) is 5.59. The Morgan fingerprint density at radius 3 is 2.53 bits per heavy atom. The summed E-state index contributed by atoms with van der Waals surface area (Å²) >= 11 is 0. The smallest absolute Gasteiger partial charge is 0.307 e. The van der Waals surface area contributed by atoms with Crippen molar-refractivity contribution >= 4 is 29.2 Å². The first-order valence-corrected chi connectivity index (χ1v) is 11.3. The maximum absolute atomic E-state index is 11.7. The normalized spacial score (nSPS) is 12.1. The molecular weight excluding hydrogens is 428 g/mol. The fourth-order valence-electron chi connectivity index (χ4n) is 3.63. The number of aromatic nitrogens is 1. The predicted octanol–water partition coefficient (Wildman–Crippen LogP) is 5.69. The molecule has 6 heteroatoms. The lowest BCUT2D eigenvalue weighted by Crippen LogP contribution is -2.23. The van der Waals surface area contributed by atoms with Crippen molar-refractivity contribution in [1.29, 1.82) is 0 Å². The minimum atomic E-state index is -0.791. The van der Waals surface area contributed by atoms with Crippen LogP contribution in [0.2, 0.25) is 0 Å². The number of carboxylic acids is 1. The molecular formula is C28H28N2O4. The molecule has 0 aliphatic carbocycles. The summed E-state index contributed by atoms with van der Waals surface area (Å²) < 4.78 is 11.6. The van der Waals surface area contributed by atoms with Gasteiger partial charge >= 0.3 is 5.97 Å². The minimum Gasteiger partial charge on any atom is -0.492 e. The van der Waals surface area contributed by atoms with Crippen LogP contribution in [0.4, 0.5) is 6.01 Å². The van der Waals surface area contributed by atoms with E-state index in [9.17, 15) is 9.90 Å². The van der Waals surface area contributed by atoms with Crippen LogP contribution in [-0.2, 0) is 11.2 Å². The van der Waals surface area contributed by atoms with Crippen molar-refractivity contribution in [1.82, 2.24) is 4.98 Å². The molecule has 0 radical (unpaired) electrons. The highest BCUT2D eigenvalue weighted by Gasteiger charge is 2.16. The minimum absolute atomic E-state index is 0.467. The van der Waals surface area contributed by atoms with Crippen molar-refractivity contribution in [2.45, 2.75) is 12.8 Å². The average molecular weight is 457 g/mol. The number of para-hydroxylation sites is 2. The second-order valence-corrected chi connectivity index (χ2v) is 8.17. The van der Waals surface area contributed by atoms with Crippen LogP contribution in [0.25, 0.3) is 17.2 Å². The number of rotatable bonds is 11. The van der Waals surface area contributed by atoms with Gasteiger partial charge in [-0.25, -0.2) is 0 Å². The summed E-state index contributed by atoms with van der Waals surface area (Å²) in [7, 11) is 1.91. The van der Waals surface area contributed by atoms with Gasteiger partial charge in [-0.15, -0.1) is 0 Å². The number of nitrogens with zero attached hydrogens (tertiary/aromatic N) is 2. The van der Waals surface area contributed by atoms with Gasteiger partial charge in [0.25, 0.3) is 6.01 Å². The summed E-state index contributed by atoms with van der Waals surface area (Å²) in [6.45, 7) is 1.08. The standard InChI is InChI=1S/C28H28N2O4/c1-30(28-29-25-12-5-6-13-26(25)34-28)18-19-33-24-16-14-22(15-17-24)20-23(27(31)32)11-7-10-21-8-3-2-4-9-21/h2-10,12-17,23H,11,18-20H2,1H3,(H,31,32)/b10-7+. The Kier molecular flexibility index (Phi) is 7.60. The van der Waals surface area contributed by atoms with Gasteiger partial charge in [0.2, 0.25) is 0 Å². The van der Waals surface area contributed by atoms with Crippen molar-refractivity contribution in [3.8, 4) is 5.75 Å². The van der Waals surface area contributed by atoms with Crippen molar-refractivity contribution in [3.63, 3.8) is 0 Å². The van der Waals surface area contributed by atoms with Gasteiger partial charge in [0, 0.05) is 7.05 Å². The number of carbonyl (C=O) groups is 1. The molecule has 0 bridgehead atoms. The Morgan fingerprint density at radius 2 is 1.79 bits per heavy atom. The summed E-state index contributed by atoms with van der Waals surface area (Å²) in [4.78, 5) is 18.1. The second-order valence-electron chi connectivity index (χ2n) is 8.17. The van der Waals surface area contributed by atoms with Crippen LogP contribution in [0, 0.1) is 5.92 Å². The molecule has 0 saturated heterocycles. The highest BCUT2D eigenvalue weighted by Crippen LogP contribution is 2.21. The van der Waals surface area contributed by atoms with Crippen molar-refractivity contribution in [2.24, 2.45) is 5.92 Å². The van der Waals surface area contributed by atoms with E-state index in [1.54, 1.807) is 0 Å². The largest absolute Gasteiger partial charge is 0.492 e. The molecule has 6 nitrogen and oxygen atoms in total. The van der Waals surface area contributed by atoms with Crippen molar-refractivity contribution in [3.05, 3.63) is 96.1 Å². The van der Waals surface area contributed by atoms with Gasteiger partial charge < -0.3 is 19.2 Å². The Morgan fingerprint density at radius 1 is 1.06 bits per heavy atom. The van der Waals surface area contributed by atoms with Crippen LogP contribution in [0.5, 0.6) is 5.75 Å². The number of hydrogen-bond acceptors (Lipinski definition) is 5. The number of ether oxygens (including phenoxy) is 1. The van der Waals surface area contributed by atoms with Crippen LogP contribution < -0.4 is 9.64 Å². The number of benzene rings is 3. The Labute approximate surface area is 199 Å². The molecule has 174 valence electrons. The Balaban J connectivity index is 1.26. The van der Waals surface area contributed by atoms with E-state index in [0.717, 1.165) is 28.0 Å². The van der Waals surface area contributed by atoms with Crippen molar-refractivity contribution in [2.75, 3.05) is 25.1 Å². The number of anilines is 1. The molecule has 0 amide bonds. The zero-order valence-corrected chi connectivity index (χ0v) is 19.1. The molecule has 1 heterocycles. The molecule has 1 atom stereocenters. The molecule has 0 aliphatic rings. The fourth-order valence-corrected chi connectivity index (χ4v) is 3.63. The number of fused-ring (bicyclic) bond motifs is 1. The lowest BCUT2D eigenvalue weighted by Gasteiger charge is -2.15. The van der Waals surface area contributed by atoms with E-state index in [-0.39, 0.29) is 0 Å². The quantitative estimate of drug-likeness (QED) is 0.312. The highest BCUT2D eigenvalue weighted by molar-refractivity contribution is 5.74. The number of carboxylic acid groups (broad SMARTS) is 1. The number of likely N-dealkylation sites (N-methyl/N-ethyl adjacent to an activating group) is 1. The molecule has 0 fully saturated rings.